The van der Waals surface area contributed by atoms with E-state index >= 15 is 0 Å². The van der Waals surface area contributed by atoms with Crippen LogP contribution in [0.2, 0.25) is 0 Å². The third-order valence-electron chi connectivity index (χ3n) is 4.73. The standard InChI is InChI=1S/C21H24N2O5/c1-13(2)19-12-23(21(26)22-16-6-8-17(27-3)9-7-16)11-15-5-4-14(20(24)25)10-18(15)28-19/h4-10,13,19H,11-12H2,1-3H3,(H,22,26)(H,24,25). The number of hydrogen-bond acceptors (Lipinski definition) is 4. The molecule has 0 saturated heterocycles. The molecule has 148 valence electrons. The first-order valence-electron chi connectivity index (χ1n) is 9.10. The van der Waals surface area contributed by atoms with Crippen molar-refractivity contribution in [2.24, 2.45) is 5.92 Å². The van der Waals surface area contributed by atoms with Crippen molar-refractivity contribution in [1.82, 2.24) is 4.90 Å². The zero-order valence-corrected chi connectivity index (χ0v) is 16.1. The molecule has 0 aliphatic carbocycles. The van der Waals surface area contributed by atoms with Crippen LogP contribution in [-0.4, -0.2) is 41.8 Å². The number of carbonyl (C=O) groups excluding carboxylic acids is 1. The molecule has 0 radical (unpaired) electrons. The summed E-state index contributed by atoms with van der Waals surface area (Å²) in [7, 11) is 1.59. The number of benzene rings is 2. The van der Waals surface area contributed by atoms with E-state index in [1.807, 2.05) is 13.8 Å². The molecule has 7 heteroatoms. The smallest absolute Gasteiger partial charge is 0.335 e. The highest BCUT2D eigenvalue weighted by Gasteiger charge is 2.28. The molecule has 28 heavy (non-hydrogen) atoms. The second-order valence-electron chi connectivity index (χ2n) is 7.07. The zero-order chi connectivity index (χ0) is 20.3. The molecule has 2 aromatic rings. The quantitative estimate of drug-likeness (QED) is 0.836. The Balaban J connectivity index is 1.83. The molecule has 0 fully saturated rings. The SMILES string of the molecule is COc1ccc(NC(=O)N2Cc3ccc(C(=O)O)cc3OC(C(C)C)C2)cc1. The van der Waals surface area contributed by atoms with Gasteiger partial charge in [-0.15, -0.1) is 0 Å². The van der Waals surface area contributed by atoms with Crippen LogP contribution >= 0.6 is 0 Å². The monoisotopic (exact) mass is 384 g/mol. The maximum absolute atomic E-state index is 12.9. The largest absolute Gasteiger partial charge is 0.497 e. The molecular formula is C21H24N2O5. The van der Waals surface area contributed by atoms with Gasteiger partial charge in [0, 0.05) is 11.3 Å². The number of carboxylic acids is 1. The lowest BCUT2D eigenvalue weighted by molar-refractivity contribution is 0.0695. The van der Waals surface area contributed by atoms with E-state index in [4.69, 9.17) is 9.47 Å². The van der Waals surface area contributed by atoms with Crippen molar-refractivity contribution >= 4 is 17.7 Å². The summed E-state index contributed by atoms with van der Waals surface area (Å²) < 4.78 is 11.2. The van der Waals surface area contributed by atoms with Gasteiger partial charge in [-0.3, -0.25) is 0 Å². The van der Waals surface area contributed by atoms with Gasteiger partial charge in [-0.05, 0) is 42.3 Å². The molecule has 1 aliphatic heterocycles. The van der Waals surface area contributed by atoms with Gasteiger partial charge in [0.1, 0.15) is 17.6 Å². The first-order valence-corrected chi connectivity index (χ1v) is 9.10. The molecule has 1 atom stereocenters. The minimum atomic E-state index is -1.01. The average molecular weight is 384 g/mol. The van der Waals surface area contributed by atoms with Gasteiger partial charge < -0.3 is 24.8 Å². The lowest BCUT2D eigenvalue weighted by Crippen LogP contribution is -2.41. The molecule has 2 N–H and O–H groups in total. The normalized spacial score (nSPS) is 16.0. The van der Waals surface area contributed by atoms with Crippen LogP contribution in [-0.2, 0) is 6.54 Å². The number of carboxylic acid groups (broad SMARTS) is 1. The number of hydrogen-bond donors (Lipinski definition) is 2. The van der Waals surface area contributed by atoms with Gasteiger partial charge in [0.25, 0.3) is 0 Å². The average Bonchev–Trinajstić information content (AvgIpc) is 2.87. The van der Waals surface area contributed by atoms with Crippen LogP contribution in [0.4, 0.5) is 10.5 Å². The molecule has 2 aromatic carbocycles. The number of nitrogens with zero attached hydrogens (tertiary/aromatic N) is 1. The second kappa shape index (κ2) is 8.21. The van der Waals surface area contributed by atoms with Crippen molar-refractivity contribution in [3.63, 3.8) is 0 Å². The minimum Gasteiger partial charge on any atom is -0.497 e. The summed E-state index contributed by atoms with van der Waals surface area (Å²) in [6.07, 6.45) is -0.244. The van der Waals surface area contributed by atoms with Crippen LogP contribution in [0.25, 0.3) is 0 Å². The Morgan fingerprint density at radius 2 is 1.93 bits per heavy atom. The molecule has 3 rings (SSSR count). The summed E-state index contributed by atoms with van der Waals surface area (Å²) in [6, 6.07) is 11.6. The van der Waals surface area contributed by atoms with Gasteiger partial charge in [-0.1, -0.05) is 19.9 Å². The third-order valence-corrected chi connectivity index (χ3v) is 4.73. The van der Waals surface area contributed by atoms with E-state index in [2.05, 4.69) is 5.32 Å². The van der Waals surface area contributed by atoms with Crippen LogP contribution in [0.15, 0.2) is 42.5 Å². The highest BCUT2D eigenvalue weighted by Crippen LogP contribution is 2.29. The molecule has 2 amide bonds. The molecule has 0 spiro atoms. The predicted octanol–water partition coefficient (Wildman–Crippen LogP) is 3.84. The Morgan fingerprint density at radius 1 is 1.21 bits per heavy atom. The van der Waals surface area contributed by atoms with Crippen molar-refractivity contribution in [3.05, 3.63) is 53.6 Å². The van der Waals surface area contributed by atoms with Gasteiger partial charge in [-0.25, -0.2) is 9.59 Å². The Labute approximate surface area is 163 Å². The van der Waals surface area contributed by atoms with E-state index in [1.165, 1.54) is 12.1 Å². The van der Waals surface area contributed by atoms with Crippen LogP contribution in [0.1, 0.15) is 29.8 Å². The maximum Gasteiger partial charge on any atom is 0.335 e. The highest BCUT2D eigenvalue weighted by atomic mass is 16.5. The first-order chi connectivity index (χ1) is 13.4. The highest BCUT2D eigenvalue weighted by molar-refractivity contribution is 5.90. The number of fused-ring (bicyclic) bond motifs is 1. The van der Waals surface area contributed by atoms with E-state index in [9.17, 15) is 14.7 Å². The van der Waals surface area contributed by atoms with Crippen LogP contribution < -0.4 is 14.8 Å². The van der Waals surface area contributed by atoms with Gasteiger partial charge in [0.15, 0.2) is 0 Å². The molecule has 0 bridgehead atoms. The number of carbonyl (C=O) groups is 2. The number of ether oxygens (including phenoxy) is 2. The van der Waals surface area contributed by atoms with E-state index in [1.54, 1.807) is 42.3 Å². The molecular weight excluding hydrogens is 360 g/mol. The summed E-state index contributed by atoms with van der Waals surface area (Å²) in [6.45, 7) is 4.75. The van der Waals surface area contributed by atoms with Crippen molar-refractivity contribution < 1.29 is 24.2 Å². The number of anilines is 1. The van der Waals surface area contributed by atoms with Crippen molar-refractivity contribution in [3.8, 4) is 11.5 Å². The Hall–Kier alpha value is -3.22. The van der Waals surface area contributed by atoms with Gasteiger partial charge in [-0.2, -0.15) is 0 Å². The lowest BCUT2D eigenvalue weighted by atomic mass is 10.1. The molecule has 7 nitrogen and oxygen atoms in total. The van der Waals surface area contributed by atoms with E-state index < -0.39 is 5.97 Å². The number of rotatable bonds is 4. The topological polar surface area (TPSA) is 88.1 Å². The fourth-order valence-electron chi connectivity index (χ4n) is 2.99. The second-order valence-corrected chi connectivity index (χ2v) is 7.07. The number of urea groups is 1. The Morgan fingerprint density at radius 3 is 2.54 bits per heavy atom. The van der Waals surface area contributed by atoms with Gasteiger partial charge in [0.05, 0.1) is 25.8 Å². The number of methoxy groups -OCH3 is 1. The van der Waals surface area contributed by atoms with Crippen LogP contribution in [0.5, 0.6) is 11.5 Å². The van der Waals surface area contributed by atoms with Gasteiger partial charge >= 0.3 is 12.0 Å². The maximum atomic E-state index is 12.9. The van der Waals surface area contributed by atoms with Crippen LogP contribution in [0.3, 0.4) is 0 Å². The number of amides is 2. The Bertz CT molecular complexity index is 864. The predicted molar refractivity (Wildman–Crippen MR) is 105 cm³/mol. The van der Waals surface area contributed by atoms with E-state index in [-0.39, 0.29) is 23.6 Å². The Kier molecular flexibility index (Phi) is 5.73. The van der Waals surface area contributed by atoms with Crippen molar-refractivity contribution in [2.75, 3.05) is 19.0 Å². The third kappa shape index (κ3) is 4.36. The van der Waals surface area contributed by atoms with Crippen molar-refractivity contribution in [1.29, 1.82) is 0 Å². The van der Waals surface area contributed by atoms with Crippen LogP contribution in [0, 0.1) is 5.92 Å². The van der Waals surface area contributed by atoms with Gasteiger partial charge in [0.2, 0.25) is 0 Å². The number of nitrogens with one attached hydrogen (secondary N) is 1. The zero-order valence-electron chi connectivity index (χ0n) is 16.1. The van der Waals surface area contributed by atoms with E-state index in [0.29, 0.717) is 30.3 Å². The fourth-order valence-corrected chi connectivity index (χ4v) is 2.99. The minimum absolute atomic E-state index is 0.149. The summed E-state index contributed by atoms with van der Waals surface area (Å²) in [5.74, 6) is 0.365. The lowest BCUT2D eigenvalue weighted by Gasteiger charge is -2.26. The first kappa shape index (κ1) is 19.5. The summed E-state index contributed by atoms with van der Waals surface area (Å²) >= 11 is 0. The number of aromatic carboxylic acids is 1. The molecule has 0 aromatic heterocycles. The molecule has 0 saturated carbocycles. The van der Waals surface area contributed by atoms with Crippen molar-refractivity contribution in [2.45, 2.75) is 26.5 Å². The summed E-state index contributed by atoms with van der Waals surface area (Å²) in [5.41, 5.74) is 1.61. The molecule has 1 heterocycles. The molecule has 1 unspecified atom stereocenters. The summed E-state index contributed by atoms with van der Waals surface area (Å²) in [5, 5.41) is 12.1. The fraction of sp³-hybridized carbons (Fsp3) is 0.333. The van der Waals surface area contributed by atoms with E-state index in [0.717, 1.165) is 5.56 Å². The summed E-state index contributed by atoms with van der Waals surface area (Å²) in [4.78, 5) is 25.8. The molecule has 1 aliphatic rings.